The van der Waals surface area contributed by atoms with Crippen LogP contribution in [0, 0.1) is 0 Å². The smallest absolute Gasteiger partial charge is 0.205 e. The van der Waals surface area contributed by atoms with E-state index >= 15 is 0 Å². The molecule has 0 radical (unpaired) electrons. The molecule has 0 saturated carbocycles. The zero-order valence-corrected chi connectivity index (χ0v) is 9.83. The summed E-state index contributed by atoms with van der Waals surface area (Å²) < 4.78 is 4.26. The molecule has 2 rings (SSSR count). The van der Waals surface area contributed by atoms with Crippen LogP contribution in [0.3, 0.4) is 0 Å². The fraction of sp³-hybridized carbons (Fsp3) is 0.800. The summed E-state index contributed by atoms with van der Waals surface area (Å²) in [7, 11) is 0. The van der Waals surface area contributed by atoms with E-state index in [0.717, 1.165) is 24.0 Å². The summed E-state index contributed by atoms with van der Waals surface area (Å²) in [6, 6.07) is 0. The molecule has 4 nitrogen and oxygen atoms in total. The standard InChI is InChI=1S/C10H17N3OS/c1-8(14)7-9-11-10(15-12-9)13-5-3-2-4-6-13/h8,14H,2-7H2,1H3/t8-/m1/s1. The van der Waals surface area contributed by atoms with Crippen molar-refractivity contribution < 1.29 is 5.11 Å². The fourth-order valence-electron chi connectivity index (χ4n) is 1.81. The van der Waals surface area contributed by atoms with Crippen LogP contribution in [0.1, 0.15) is 32.0 Å². The monoisotopic (exact) mass is 227 g/mol. The van der Waals surface area contributed by atoms with Gasteiger partial charge in [0.05, 0.1) is 6.10 Å². The van der Waals surface area contributed by atoms with Crippen LogP contribution >= 0.6 is 11.5 Å². The van der Waals surface area contributed by atoms with Crippen LogP contribution in [0.5, 0.6) is 0 Å². The third-order valence-corrected chi connectivity index (χ3v) is 3.38. The molecule has 0 aromatic carbocycles. The first-order chi connectivity index (χ1) is 7.25. The van der Waals surface area contributed by atoms with Gasteiger partial charge in [0.15, 0.2) is 0 Å². The van der Waals surface area contributed by atoms with Crippen molar-refractivity contribution in [2.45, 2.75) is 38.7 Å². The number of piperidine rings is 1. The van der Waals surface area contributed by atoms with Gasteiger partial charge in [-0.2, -0.15) is 4.37 Å². The van der Waals surface area contributed by atoms with Gasteiger partial charge in [0.25, 0.3) is 0 Å². The second-order valence-electron chi connectivity index (χ2n) is 4.09. The lowest BCUT2D eigenvalue weighted by molar-refractivity contribution is 0.193. The minimum Gasteiger partial charge on any atom is -0.393 e. The highest BCUT2D eigenvalue weighted by molar-refractivity contribution is 7.09. The Bertz CT molecular complexity index is 307. The molecule has 2 heterocycles. The fourth-order valence-corrected chi connectivity index (χ4v) is 2.55. The van der Waals surface area contributed by atoms with E-state index in [1.54, 1.807) is 6.92 Å². The molecule has 5 heteroatoms. The second-order valence-corrected chi connectivity index (χ2v) is 4.82. The summed E-state index contributed by atoms with van der Waals surface area (Å²) in [5, 5.41) is 10.3. The van der Waals surface area contributed by atoms with Crippen molar-refractivity contribution in [1.29, 1.82) is 0 Å². The Morgan fingerprint density at radius 1 is 1.40 bits per heavy atom. The average molecular weight is 227 g/mol. The molecule has 1 aromatic rings. The highest BCUT2D eigenvalue weighted by Crippen LogP contribution is 2.21. The van der Waals surface area contributed by atoms with Crippen molar-refractivity contribution in [3.63, 3.8) is 0 Å². The largest absolute Gasteiger partial charge is 0.393 e. The van der Waals surface area contributed by atoms with Crippen LogP contribution in [-0.2, 0) is 6.42 Å². The van der Waals surface area contributed by atoms with E-state index < -0.39 is 0 Å². The lowest BCUT2D eigenvalue weighted by Crippen LogP contribution is -2.29. The summed E-state index contributed by atoms with van der Waals surface area (Å²) in [5.74, 6) is 0.774. The normalized spacial score (nSPS) is 19.2. The molecule has 0 amide bonds. The van der Waals surface area contributed by atoms with Gasteiger partial charge in [-0.1, -0.05) is 0 Å². The van der Waals surface area contributed by atoms with Crippen molar-refractivity contribution in [1.82, 2.24) is 9.36 Å². The van der Waals surface area contributed by atoms with Gasteiger partial charge < -0.3 is 10.0 Å². The third-order valence-electron chi connectivity index (χ3n) is 2.56. The van der Waals surface area contributed by atoms with Gasteiger partial charge in [0.2, 0.25) is 5.13 Å². The molecule has 1 aliphatic rings. The number of hydrogen-bond donors (Lipinski definition) is 1. The Kier molecular flexibility index (Phi) is 3.53. The molecule has 1 saturated heterocycles. The number of aromatic nitrogens is 2. The molecule has 1 fully saturated rings. The predicted octanol–water partition coefficient (Wildman–Crippen LogP) is 1.45. The van der Waals surface area contributed by atoms with Crippen LogP contribution < -0.4 is 4.90 Å². The maximum atomic E-state index is 9.24. The van der Waals surface area contributed by atoms with Crippen LogP contribution in [0.2, 0.25) is 0 Å². The number of anilines is 1. The van der Waals surface area contributed by atoms with Crippen molar-refractivity contribution in [2.24, 2.45) is 0 Å². The number of nitrogens with zero attached hydrogens (tertiary/aromatic N) is 3. The molecule has 1 atom stereocenters. The van der Waals surface area contributed by atoms with Crippen LogP contribution in [0.25, 0.3) is 0 Å². The molecule has 0 unspecified atom stereocenters. The number of aliphatic hydroxyl groups excluding tert-OH is 1. The average Bonchev–Trinajstić information content (AvgIpc) is 2.67. The van der Waals surface area contributed by atoms with Crippen LogP contribution in [0.15, 0.2) is 0 Å². The molecular formula is C10H17N3OS. The lowest BCUT2D eigenvalue weighted by atomic mass is 10.1. The minimum absolute atomic E-state index is 0.353. The van der Waals surface area contributed by atoms with E-state index in [1.165, 1.54) is 30.8 Å². The van der Waals surface area contributed by atoms with E-state index in [4.69, 9.17) is 0 Å². The third kappa shape index (κ3) is 2.89. The molecule has 1 N–H and O–H groups in total. The van der Waals surface area contributed by atoms with Gasteiger partial charge >= 0.3 is 0 Å². The molecule has 84 valence electrons. The van der Waals surface area contributed by atoms with E-state index in [0.29, 0.717) is 6.42 Å². The van der Waals surface area contributed by atoms with Crippen molar-refractivity contribution in [2.75, 3.05) is 18.0 Å². The first kappa shape index (κ1) is 10.8. The topological polar surface area (TPSA) is 49.3 Å². The number of aliphatic hydroxyl groups is 1. The van der Waals surface area contributed by atoms with E-state index in [1.807, 2.05) is 0 Å². The minimum atomic E-state index is -0.353. The van der Waals surface area contributed by atoms with Gasteiger partial charge in [-0.15, -0.1) is 0 Å². The highest BCUT2D eigenvalue weighted by atomic mass is 32.1. The van der Waals surface area contributed by atoms with Crippen LogP contribution in [-0.4, -0.2) is 33.7 Å². The Morgan fingerprint density at radius 2 is 2.13 bits per heavy atom. The predicted molar refractivity (Wildman–Crippen MR) is 61.4 cm³/mol. The maximum absolute atomic E-state index is 9.24. The van der Waals surface area contributed by atoms with Crippen LogP contribution in [0.4, 0.5) is 5.13 Å². The maximum Gasteiger partial charge on any atom is 0.205 e. The molecule has 1 aromatic heterocycles. The first-order valence-corrected chi connectivity index (χ1v) is 6.28. The molecular weight excluding hydrogens is 210 g/mol. The number of hydrogen-bond acceptors (Lipinski definition) is 5. The van der Waals surface area contributed by atoms with Crippen molar-refractivity contribution in [3.8, 4) is 0 Å². The summed E-state index contributed by atoms with van der Waals surface area (Å²) in [5.41, 5.74) is 0. The molecule has 0 aliphatic carbocycles. The summed E-state index contributed by atoms with van der Waals surface area (Å²) >= 11 is 1.45. The van der Waals surface area contributed by atoms with Crippen molar-refractivity contribution >= 4 is 16.7 Å². The van der Waals surface area contributed by atoms with E-state index in [9.17, 15) is 5.11 Å². The van der Waals surface area contributed by atoms with E-state index in [2.05, 4.69) is 14.3 Å². The molecule has 0 bridgehead atoms. The van der Waals surface area contributed by atoms with Crippen molar-refractivity contribution in [3.05, 3.63) is 5.82 Å². The molecule has 0 spiro atoms. The van der Waals surface area contributed by atoms with E-state index in [-0.39, 0.29) is 6.10 Å². The summed E-state index contributed by atoms with van der Waals surface area (Å²) in [4.78, 5) is 6.75. The van der Waals surface area contributed by atoms with Gasteiger partial charge in [0.1, 0.15) is 5.82 Å². The summed E-state index contributed by atoms with van der Waals surface area (Å²) in [6.45, 7) is 3.97. The Balaban J connectivity index is 1.99. The molecule has 1 aliphatic heterocycles. The van der Waals surface area contributed by atoms with Gasteiger partial charge in [-0.25, -0.2) is 4.98 Å². The Labute approximate surface area is 94.1 Å². The second kappa shape index (κ2) is 4.90. The van der Waals surface area contributed by atoms with Gasteiger partial charge in [-0.05, 0) is 26.2 Å². The SMILES string of the molecule is C[C@@H](O)Cc1nsc(N2CCCCC2)n1. The quantitative estimate of drug-likeness (QED) is 0.849. The highest BCUT2D eigenvalue weighted by Gasteiger charge is 2.15. The first-order valence-electron chi connectivity index (χ1n) is 5.51. The summed E-state index contributed by atoms with van der Waals surface area (Å²) in [6.07, 6.45) is 4.05. The Hall–Kier alpha value is -0.680. The number of rotatable bonds is 3. The van der Waals surface area contributed by atoms with Gasteiger partial charge in [-0.3, -0.25) is 0 Å². The zero-order chi connectivity index (χ0) is 10.7. The zero-order valence-electron chi connectivity index (χ0n) is 9.02. The van der Waals surface area contributed by atoms with Gasteiger partial charge in [0, 0.05) is 31.0 Å². The lowest BCUT2D eigenvalue weighted by Gasteiger charge is -2.25. The molecule has 15 heavy (non-hydrogen) atoms. The Morgan fingerprint density at radius 3 is 2.80 bits per heavy atom.